The van der Waals surface area contributed by atoms with Crippen LogP contribution in [0.15, 0.2) is 24.4 Å². The Morgan fingerprint density at radius 3 is 2.88 bits per heavy atom. The second-order valence-corrected chi connectivity index (χ2v) is 4.32. The fraction of sp³-hybridized carbons (Fsp3) is 0.429. The number of benzene rings is 1. The number of fused-ring (bicyclic) bond motifs is 1. The third kappa shape index (κ3) is 2.44. The van der Waals surface area contributed by atoms with Gasteiger partial charge in [0.05, 0.1) is 5.52 Å². The van der Waals surface area contributed by atoms with Gasteiger partial charge in [-0.05, 0) is 43.5 Å². The summed E-state index contributed by atoms with van der Waals surface area (Å²) < 4.78 is 7.38. The second kappa shape index (κ2) is 5.23. The zero-order chi connectivity index (χ0) is 12.3. The summed E-state index contributed by atoms with van der Waals surface area (Å²) in [5.41, 5.74) is 9.43. The van der Waals surface area contributed by atoms with Gasteiger partial charge >= 0.3 is 0 Å². The molecule has 2 N–H and O–H groups in total. The van der Waals surface area contributed by atoms with Crippen molar-refractivity contribution in [2.45, 2.75) is 26.3 Å². The van der Waals surface area contributed by atoms with Crippen molar-refractivity contribution < 1.29 is 4.74 Å². The van der Waals surface area contributed by atoms with Crippen molar-refractivity contribution in [2.75, 3.05) is 19.5 Å². The van der Waals surface area contributed by atoms with E-state index in [9.17, 15) is 0 Å². The van der Waals surface area contributed by atoms with Gasteiger partial charge in [0.2, 0.25) is 0 Å². The Morgan fingerprint density at radius 2 is 2.18 bits per heavy atom. The van der Waals surface area contributed by atoms with Crippen LogP contribution in [0.4, 0.5) is 5.69 Å². The van der Waals surface area contributed by atoms with Crippen LogP contribution in [-0.4, -0.2) is 18.3 Å². The van der Waals surface area contributed by atoms with E-state index in [1.54, 1.807) is 7.11 Å². The largest absolute Gasteiger partial charge is 0.399 e. The molecule has 0 bridgehead atoms. The molecule has 2 aromatic rings. The minimum absolute atomic E-state index is 0.795. The van der Waals surface area contributed by atoms with E-state index in [2.05, 4.69) is 29.8 Å². The van der Waals surface area contributed by atoms with E-state index >= 15 is 0 Å². The lowest BCUT2D eigenvalue weighted by molar-refractivity contribution is 0.195. The van der Waals surface area contributed by atoms with Crippen molar-refractivity contribution in [2.24, 2.45) is 0 Å². The molecule has 0 unspecified atom stereocenters. The Kier molecular flexibility index (Phi) is 3.69. The SMILES string of the molecule is CCn1ccc2cc(N)cc(CCCOC)c21. The van der Waals surface area contributed by atoms with Gasteiger partial charge in [-0.3, -0.25) is 0 Å². The zero-order valence-electron chi connectivity index (χ0n) is 10.6. The Hall–Kier alpha value is -1.48. The highest BCUT2D eigenvalue weighted by molar-refractivity contribution is 5.86. The third-order valence-corrected chi connectivity index (χ3v) is 3.10. The molecule has 0 saturated heterocycles. The number of methoxy groups -OCH3 is 1. The van der Waals surface area contributed by atoms with Gasteiger partial charge in [-0.15, -0.1) is 0 Å². The number of ether oxygens (including phenoxy) is 1. The van der Waals surface area contributed by atoms with Crippen LogP contribution in [0, 0.1) is 0 Å². The lowest BCUT2D eigenvalue weighted by atomic mass is 10.1. The normalized spacial score (nSPS) is 11.2. The molecule has 0 aliphatic heterocycles. The summed E-state index contributed by atoms with van der Waals surface area (Å²) in [4.78, 5) is 0. The molecule has 1 heterocycles. The number of hydrogen-bond acceptors (Lipinski definition) is 2. The van der Waals surface area contributed by atoms with Gasteiger partial charge in [0.25, 0.3) is 0 Å². The fourth-order valence-corrected chi connectivity index (χ4v) is 2.33. The van der Waals surface area contributed by atoms with Crippen LogP contribution in [-0.2, 0) is 17.7 Å². The average molecular weight is 232 g/mol. The molecule has 92 valence electrons. The van der Waals surface area contributed by atoms with E-state index in [0.29, 0.717) is 0 Å². The summed E-state index contributed by atoms with van der Waals surface area (Å²) in [5.74, 6) is 0. The molecule has 1 aromatic heterocycles. The fourth-order valence-electron chi connectivity index (χ4n) is 2.33. The summed E-state index contributed by atoms with van der Waals surface area (Å²) in [6.07, 6.45) is 4.17. The highest BCUT2D eigenvalue weighted by Crippen LogP contribution is 2.25. The Balaban J connectivity index is 2.39. The lowest BCUT2D eigenvalue weighted by Crippen LogP contribution is -1.99. The minimum Gasteiger partial charge on any atom is -0.399 e. The first-order chi connectivity index (χ1) is 8.26. The van der Waals surface area contributed by atoms with Crippen LogP contribution in [0.2, 0.25) is 0 Å². The molecule has 3 nitrogen and oxygen atoms in total. The molecule has 17 heavy (non-hydrogen) atoms. The molecule has 0 spiro atoms. The van der Waals surface area contributed by atoms with Gasteiger partial charge in [0.1, 0.15) is 0 Å². The Labute approximate surface area is 102 Å². The number of nitrogens with two attached hydrogens (primary N) is 1. The number of aromatic nitrogens is 1. The minimum atomic E-state index is 0.795. The van der Waals surface area contributed by atoms with Crippen molar-refractivity contribution in [1.82, 2.24) is 4.57 Å². The summed E-state index contributed by atoms with van der Waals surface area (Å²) in [7, 11) is 1.74. The first-order valence-corrected chi connectivity index (χ1v) is 6.12. The maximum atomic E-state index is 5.94. The molecule has 1 aromatic carbocycles. The third-order valence-electron chi connectivity index (χ3n) is 3.10. The van der Waals surface area contributed by atoms with Crippen LogP contribution in [0.3, 0.4) is 0 Å². The van der Waals surface area contributed by atoms with Gasteiger partial charge in [-0.2, -0.15) is 0 Å². The molecular weight excluding hydrogens is 212 g/mol. The molecule has 0 saturated carbocycles. The van der Waals surface area contributed by atoms with Gasteiger partial charge in [-0.25, -0.2) is 0 Å². The van der Waals surface area contributed by atoms with E-state index in [1.807, 2.05) is 6.07 Å². The van der Waals surface area contributed by atoms with Gasteiger partial charge in [-0.1, -0.05) is 0 Å². The molecule has 0 radical (unpaired) electrons. The summed E-state index contributed by atoms with van der Waals surface area (Å²) in [6, 6.07) is 6.26. The Morgan fingerprint density at radius 1 is 1.35 bits per heavy atom. The van der Waals surface area contributed by atoms with Crippen molar-refractivity contribution in [3.05, 3.63) is 30.0 Å². The van der Waals surface area contributed by atoms with Gasteiger partial charge in [0.15, 0.2) is 0 Å². The molecule has 3 heteroatoms. The van der Waals surface area contributed by atoms with E-state index in [0.717, 1.165) is 31.7 Å². The van der Waals surface area contributed by atoms with E-state index in [-0.39, 0.29) is 0 Å². The lowest BCUT2D eigenvalue weighted by Gasteiger charge is -2.09. The van der Waals surface area contributed by atoms with Crippen molar-refractivity contribution in [3.8, 4) is 0 Å². The molecule has 0 aliphatic rings. The topological polar surface area (TPSA) is 40.2 Å². The van der Waals surface area contributed by atoms with Crippen LogP contribution in [0.25, 0.3) is 10.9 Å². The predicted octanol–water partition coefficient (Wildman–Crippen LogP) is 2.82. The van der Waals surface area contributed by atoms with Crippen molar-refractivity contribution in [1.29, 1.82) is 0 Å². The number of rotatable bonds is 5. The monoisotopic (exact) mass is 232 g/mol. The number of nitrogen functional groups attached to an aromatic ring is 1. The molecule has 0 amide bonds. The van der Waals surface area contributed by atoms with Crippen molar-refractivity contribution >= 4 is 16.6 Å². The Bertz CT molecular complexity index is 502. The molecule has 0 aliphatic carbocycles. The summed E-state index contributed by atoms with van der Waals surface area (Å²) in [5, 5.41) is 1.24. The maximum Gasteiger partial charge on any atom is 0.0514 e. The highest BCUT2D eigenvalue weighted by atomic mass is 16.5. The van der Waals surface area contributed by atoms with Gasteiger partial charge < -0.3 is 15.0 Å². The number of aryl methyl sites for hydroxylation is 2. The first kappa shape index (κ1) is 12.0. The van der Waals surface area contributed by atoms with Crippen LogP contribution < -0.4 is 5.73 Å². The quantitative estimate of drug-likeness (QED) is 0.636. The molecular formula is C14H20N2O. The maximum absolute atomic E-state index is 5.94. The standard InChI is InChI=1S/C14H20N2O/c1-3-16-7-6-12-10-13(15)9-11(14(12)16)5-4-8-17-2/h6-7,9-10H,3-5,8,15H2,1-2H3. The molecule has 2 rings (SSSR count). The zero-order valence-corrected chi connectivity index (χ0v) is 10.6. The smallest absolute Gasteiger partial charge is 0.0514 e. The molecule has 0 atom stereocenters. The highest BCUT2D eigenvalue weighted by Gasteiger charge is 2.07. The van der Waals surface area contributed by atoms with Crippen LogP contribution in [0.1, 0.15) is 18.9 Å². The van der Waals surface area contributed by atoms with Crippen LogP contribution in [0.5, 0.6) is 0 Å². The van der Waals surface area contributed by atoms with Crippen LogP contribution >= 0.6 is 0 Å². The predicted molar refractivity (Wildman–Crippen MR) is 72.2 cm³/mol. The summed E-state index contributed by atoms with van der Waals surface area (Å²) >= 11 is 0. The average Bonchev–Trinajstić information content (AvgIpc) is 2.72. The van der Waals surface area contributed by atoms with E-state index < -0.39 is 0 Å². The van der Waals surface area contributed by atoms with Crippen molar-refractivity contribution in [3.63, 3.8) is 0 Å². The second-order valence-electron chi connectivity index (χ2n) is 4.32. The van der Waals surface area contributed by atoms with Gasteiger partial charge in [0, 0.05) is 37.5 Å². The first-order valence-electron chi connectivity index (χ1n) is 6.12. The summed E-state index contributed by atoms with van der Waals surface area (Å²) in [6.45, 7) is 3.95. The molecule has 0 fully saturated rings. The number of anilines is 1. The van der Waals surface area contributed by atoms with E-state index in [1.165, 1.54) is 16.5 Å². The number of nitrogens with zero attached hydrogens (tertiary/aromatic N) is 1. The number of hydrogen-bond donors (Lipinski definition) is 1. The van der Waals surface area contributed by atoms with E-state index in [4.69, 9.17) is 10.5 Å².